The molecule has 0 saturated heterocycles. The fourth-order valence-corrected chi connectivity index (χ4v) is 2.96. The quantitative estimate of drug-likeness (QED) is 0.936. The predicted octanol–water partition coefficient (Wildman–Crippen LogP) is 3.21. The van der Waals surface area contributed by atoms with Crippen molar-refractivity contribution in [3.63, 3.8) is 0 Å². The summed E-state index contributed by atoms with van der Waals surface area (Å²) in [6.45, 7) is 0. The maximum absolute atomic E-state index is 10.7. The highest BCUT2D eigenvalue weighted by molar-refractivity contribution is 9.11. The highest BCUT2D eigenvalue weighted by Crippen LogP contribution is 2.33. The van der Waals surface area contributed by atoms with E-state index < -0.39 is 5.97 Å². The van der Waals surface area contributed by atoms with Crippen molar-refractivity contribution in [3.05, 3.63) is 33.7 Å². The van der Waals surface area contributed by atoms with Gasteiger partial charge >= 0.3 is 5.97 Å². The molecule has 0 unspecified atom stereocenters. The van der Waals surface area contributed by atoms with Crippen molar-refractivity contribution in [2.75, 3.05) is 7.11 Å². The fourth-order valence-electron chi connectivity index (χ4n) is 1.46. The van der Waals surface area contributed by atoms with Crippen molar-refractivity contribution in [2.24, 2.45) is 0 Å². The number of methoxy groups -OCH3 is 1. The Morgan fingerprint density at radius 1 is 1.56 bits per heavy atom. The molecule has 1 aromatic heterocycles. The highest BCUT2D eigenvalue weighted by atomic mass is 79.9. The van der Waals surface area contributed by atoms with Crippen LogP contribution in [0, 0.1) is 0 Å². The third-order valence-electron chi connectivity index (χ3n) is 2.29. The number of aliphatic carboxylic acids is 1. The van der Waals surface area contributed by atoms with Crippen LogP contribution in [-0.2, 0) is 11.2 Å². The molecule has 0 amide bonds. The van der Waals surface area contributed by atoms with E-state index in [-0.39, 0.29) is 6.42 Å². The normalized spacial score (nSPS) is 10.3. The molecule has 0 saturated carbocycles. The number of hydrogen-bond acceptors (Lipinski definition) is 4. The summed E-state index contributed by atoms with van der Waals surface area (Å²) >= 11 is 4.76. The van der Waals surface area contributed by atoms with Crippen LogP contribution in [0.2, 0.25) is 0 Å². The number of rotatable bonds is 4. The van der Waals surface area contributed by atoms with E-state index in [4.69, 9.17) is 9.84 Å². The first-order chi connectivity index (χ1) is 8.60. The van der Waals surface area contributed by atoms with Gasteiger partial charge in [-0.3, -0.25) is 4.79 Å². The van der Waals surface area contributed by atoms with Gasteiger partial charge in [0, 0.05) is 5.56 Å². The molecule has 0 radical (unpaired) electrons. The minimum Gasteiger partial charge on any atom is -0.497 e. The average Bonchev–Trinajstić information content (AvgIpc) is 2.70. The molecule has 1 N–H and O–H groups in total. The Morgan fingerprint density at radius 2 is 2.33 bits per heavy atom. The molecule has 0 aliphatic carbocycles. The van der Waals surface area contributed by atoms with Crippen LogP contribution in [0.5, 0.6) is 5.75 Å². The van der Waals surface area contributed by atoms with Crippen molar-refractivity contribution in [3.8, 4) is 16.3 Å². The Kier molecular flexibility index (Phi) is 3.98. The van der Waals surface area contributed by atoms with Crippen LogP contribution in [0.1, 0.15) is 5.69 Å². The Bertz CT molecular complexity index is 582. The van der Waals surface area contributed by atoms with E-state index in [1.165, 1.54) is 11.3 Å². The molecule has 0 bridgehead atoms. The molecular weight excluding hydrogens is 318 g/mol. The van der Waals surface area contributed by atoms with Gasteiger partial charge in [0.15, 0.2) is 0 Å². The number of carboxylic acid groups (broad SMARTS) is 1. The maximum atomic E-state index is 10.7. The van der Waals surface area contributed by atoms with Crippen molar-refractivity contribution >= 4 is 33.2 Å². The second-order valence-electron chi connectivity index (χ2n) is 3.54. The Hall–Kier alpha value is -1.40. The monoisotopic (exact) mass is 327 g/mol. The van der Waals surface area contributed by atoms with E-state index in [0.29, 0.717) is 5.69 Å². The third-order valence-corrected chi connectivity index (χ3v) is 4.16. The van der Waals surface area contributed by atoms with E-state index in [1.54, 1.807) is 7.11 Å². The largest absolute Gasteiger partial charge is 0.497 e. The second kappa shape index (κ2) is 5.49. The van der Waals surface area contributed by atoms with E-state index in [0.717, 1.165) is 20.1 Å². The first-order valence-corrected chi connectivity index (χ1v) is 6.72. The number of hydrogen-bond donors (Lipinski definition) is 1. The number of carboxylic acids is 1. The molecule has 0 aliphatic heterocycles. The standard InChI is InChI=1S/C12H10BrNO3S/c1-17-8-4-2-3-7(5-8)12-14-9(6-10(15)16)11(13)18-12/h2-5H,6H2,1H3,(H,15,16). The van der Waals surface area contributed by atoms with E-state index in [2.05, 4.69) is 20.9 Å². The van der Waals surface area contributed by atoms with Crippen LogP contribution < -0.4 is 4.74 Å². The molecule has 0 aliphatic rings. The summed E-state index contributed by atoms with van der Waals surface area (Å²) < 4.78 is 5.90. The molecule has 2 rings (SSSR count). The van der Waals surface area contributed by atoms with Crippen LogP contribution in [0.25, 0.3) is 10.6 Å². The molecular formula is C12H10BrNO3S. The predicted molar refractivity (Wildman–Crippen MR) is 73.1 cm³/mol. The summed E-state index contributed by atoms with van der Waals surface area (Å²) in [5.74, 6) is -0.142. The number of halogens is 1. The van der Waals surface area contributed by atoms with Crippen LogP contribution >= 0.6 is 27.3 Å². The molecule has 6 heteroatoms. The maximum Gasteiger partial charge on any atom is 0.309 e. The van der Waals surface area contributed by atoms with Crippen molar-refractivity contribution in [2.45, 2.75) is 6.42 Å². The summed E-state index contributed by atoms with van der Waals surface area (Å²) in [5, 5.41) is 9.55. The molecule has 0 atom stereocenters. The lowest BCUT2D eigenvalue weighted by Crippen LogP contribution is -2.00. The average molecular weight is 328 g/mol. The smallest absolute Gasteiger partial charge is 0.309 e. The van der Waals surface area contributed by atoms with E-state index in [1.807, 2.05) is 24.3 Å². The third kappa shape index (κ3) is 2.88. The van der Waals surface area contributed by atoms with Crippen LogP contribution in [0.4, 0.5) is 0 Å². The minimum atomic E-state index is -0.891. The molecule has 1 heterocycles. The van der Waals surface area contributed by atoms with Crippen molar-refractivity contribution < 1.29 is 14.6 Å². The fraction of sp³-hybridized carbons (Fsp3) is 0.167. The summed E-state index contributed by atoms with van der Waals surface area (Å²) in [6, 6.07) is 7.51. The number of nitrogens with zero attached hydrogens (tertiary/aromatic N) is 1. The van der Waals surface area contributed by atoms with Gasteiger partial charge in [0.1, 0.15) is 10.8 Å². The van der Waals surface area contributed by atoms with Gasteiger partial charge in [-0.1, -0.05) is 12.1 Å². The Balaban J connectivity index is 2.35. The molecule has 0 fully saturated rings. The van der Waals surface area contributed by atoms with E-state index >= 15 is 0 Å². The number of benzene rings is 1. The number of aromatic nitrogens is 1. The summed E-state index contributed by atoms with van der Waals surface area (Å²) in [5.41, 5.74) is 1.46. The van der Waals surface area contributed by atoms with Gasteiger partial charge in [-0.05, 0) is 28.1 Å². The lowest BCUT2D eigenvalue weighted by atomic mass is 10.2. The molecule has 4 nitrogen and oxygen atoms in total. The zero-order chi connectivity index (χ0) is 13.1. The summed E-state index contributed by atoms with van der Waals surface area (Å²) in [7, 11) is 1.60. The lowest BCUT2D eigenvalue weighted by molar-refractivity contribution is -0.136. The zero-order valence-electron chi connectivity index (χ0n) is 9.51. The number of ether oxygens (including phenoxy) is 1. The van der Waals surface area contributed by atoms with Crippen LogP contribution in [-0.4, -0.2) is 23.2 Å². The molecule has 18 heavy (non-hydrogen) atoms. The molecule has 1 aromatic carbocycles. The zero-order valence-corrected chi connectivity index (χ0v) is 11.9. The van der Waals surface area contributed by atoms with Crippen LogP contribution in [0.3, 0.4) is 0 Å². The van der Waals surface area contributed by atoms with Gasteiger partial charge in [-0.15, -0.1) is 11.3 Å². The summed E-state index contributed by atoms with van der Waals surface area (Å²) in [4.78, 5) is 15.0. The molecule has 94 valence electrons. The highest BCUT2D eigenvalue weighted by Gasteiger charge is 2.13. The molecule has 2 aromatic rings. The second-order valence-corrected chi connectivity index (χ2v) is 5.86. The van der Waals surface area contributed by atoms with Crippen molar-refractivity contribution in [1.29, 1.82) is 0 Å². The first kappa shape index (κ1) is 13.0. The molecule has 0 spiro atoms. The number of carbonyl (C=O) groups is 1. The van der Waals surface area contributed by atoms with Crippen LogP contribution in [0.15, 0.2) is 28.1 Å². The Morgan fingerprint density at radius 3 is 3.00 bits per heavy atom. The van der Waals surface area contributed by atoms with Gasteiger partial charge < -0.3 is 9.84 Å². The topological polar surface area (TPSA) is 59.4 Å². The minimum absolute atomic E-state index is 0.0823. The first-order valence-electron chi connectivity index (χ1n) is 5.11. The van der Waals surface area contributed by atoms with E-state index in [9.17, 15) is 4.79 Å². The number of thiazole rings is 1. The van der Waals surface area contributed by atoms with Gasteiger partial charge in [-0.2, -0.15) is 0 Å². The SMILES string of the molecule is COc1cccc(-c2nc(CC(=O)O)c(Br)s2)c1. The van der Waals surface area contributed by atoms with Gasteiger partial charge in [0.25, 0.3) is 0 Å². The summed E-state index contributed by atoms with van der Waals surface area (Å²) in [6.07, 6.45) is -0.0823. The van der Waals surface area contributed by atoms with Gasteiger partial charge in [0.05, 0.1) is 23.0 Å². The Labute approximate surface area is 116 Å². The lowest BCUT2D eigenvalue weighted by Gasteiger charge is -2.00. The van der Waals surface area contributed by atoms with Gasteiger partial charge in [0.2, 0.25) is 0 Å². The van der Waals surface area contributed by atoms with Gasteiger partial charge in [-0.25, -0.2) is 4.98 Å². The van der Waals surface area contributed by atoms with Crippen molar-refractivity contribution in [1.82, 2.24) is 4.98 Å².